The Kier molecular flexibility index (Phi) is 695. The molecule has 0 amide bonds. The Morgan fingerprint density at radius 1 is 0.0909 bits per heavy atom. The maximum atomic E-state index is 0. The summed E-state index contributed by atoms with van der Waals surface area (Å²) in [5.41, 5.74) is 0. The number of hydrogen-bond acceptors (Lipinski definition) is 0. The molecule has 0 aromatic heterocycles. The van der Waals surface area contributed by atoms with Gasteiger partial charge in [-0.2, -0.15) is 0 Å². The molecule has 0 spiro atoms. The molecule has 0 aromatic carbocycles. The van der Waals surface area contributed by atoms with Crippen molar-refractivity contribution in [2.45, 2.75) is 0 Å². The van der Waals surface area contributed by atoms with Crippen molar-refractivity contribution in [3.63, 3.8) is 0 Å². The van der Waals surface area contributed by atoms with Crippen molar-refractivity contribution in [3.05, 3.63) is 0 Å². The number of hydrogen-bond donors (Lipinski definition) is 0. The van der Waals surface area contributed by atoms with Gasteiger partial charge in [0.05, 0.1) is 0 Å². The summed E-state index contributed by atoms with van der Waals surface area (Å²) < 4.78 is 0. The molecule has 11 heavy (non-hydrogen) atoms. The average molecular weight is 1020 g/mol. The summed E-state index contributed by atoms with van der Waals surface area (Å²) in [5.74, 6) is 0. The summed E-state index contributed by atoms with van der Waals surface area (Å²) in [4.78, 5) is 0. The van der Waals surface area contributed by atoms with Crippen LogP contribution in [-0.4, -0.2) is 0 Å². The zero-order valence-corrected chi connectivity index (χ0v) is 29.1. The van der Waals surface area contributed by atoms with E-state index in [2.05, 4.69) is 0 Å². The van der Waals surface area contributed by atoms with E-state index in [1.165, 1.54) is 0 Å². The normalized spacial score (nSPS) is 0. The minimum Gasteiger partial charge on any atom is 0 e. The van der Waals surface area contributed by atoms with Gasteiger partial charge in [0.25, 0.3) is 0 Å². The smallest absolute Gasteiger partial charge is 0 e. The third-order valence-electron chi connectivity index (χ3n) is 0. The molecule has 0 bridgehead atoms. The van der Waals surface area contributed by atoms with Gasteiger partial charge in [0.2, 0.25) is 0 Å². The standard InChI is InChI=1S/11Nb. The van der Waals surface area contributed by atoms with Crippen LogP contribution in [0.4, 0.5) is 0 Å². The fraction of sp³-hybridized carbons (Fsp3) is 0. The summed E-state index contributed by atoms with van der Waals surface area (Å²) in [5, 5.41) is 0. The van der Waals surface area contributed by atoms with Crippen LogP contribution in [0.1, 0.15) is 0 Å². The predicted molar refractivity (Wildman–Crippen MR) is 0 cm³/mol. The predicted octanol–water partition coefficient (Wildman–Crippen LogP) is -0.0275. The van der Waals surface area contributed by atoms with Gasteiger partial charge in [0.15, 0.2) is 0 Å². The monoisotopic (exact) mass is 1020 g/mol. The summed E-state index contributed by atoms with van der Waals surface area (Å²) in [6.45, 7) is 0. The SMILES string of the molecule is [Nb].[Nb].[Nb].[Nb].[Nb].[Nb].[Nb].[Nb].[Nb].[Nb].[Nb]. The zero-order valence-electron chi connectivity index (χ0n) is 4.92. The Labute approximate surface area is 239 Å². The molecule has 0 fully saturated rings. The fourth-order valence-electron chi connectivity index (χ4n) is 0. The Morgan fingerprint density at radius 2 is 0.0909 bits per heavy atom. The second-order valence-corrected chi connectivity index (χ2v) is 0. The van der Waals surface area contributed by atoms with Gasteiger partial charge in [-0.05, 0) is 0 Å². The van der Waals surface area contributed by atoms with Gasteiger partial charge in [-0.3, -0.25) is 0 Å². The van der Waals surface area contributed by atoms with E-state index in [9.17, 15) is 0 Å². The van der Waals surface area contributed by atoms with E-state index in [1.54, 1.807) is 0 Å². The molecule has 0 aliphatic heterocycles. The summed E-state index contributed by atoms with van der Waals surface area (Å²) in [6, 6.07) is 0. The molecule has 0 saturated carbocycles. The van der Waals surface area contributed by atoms with E-state index < -0.39 is 0 Å². The molecule has 0 saturated heterocycles. The van der Waals surface area contributed by atoms with Gasteiger partial charge in [0, 0.05) is 246 Å². The number of rotatable bonds is 0. The molecule has 55 valence electrons. The summed E-state index contributed by atoms with van der Waals surface area (Å²) in [6.07, 6.45) is 0. The Balaban J connectivity index is 0. The molecule has 0 nitrogen and oxygen atoms in total. The van der Waals surface area contributed by atoms with Crippen LogP contribution in [0.3, 0.4) is 0 Å². The van der Waals surface area contributed by atoms with E-state index >= 15 is 0 Å². The molecule has 0 rings (SSSR count). The first-order valence-electron chi connectivity index (χ1n) is 0. The van der Waals surface area contributed by atoms with Crippen molar-refractivity contribution in [1.82, 2.24) is 0 Å². The van der Waals surface area contributed by atoms with Gasteiger partial charge in [-0.15, -0.1) is 0 Å². The van der Waals surface area contributed by atoms with Gasteiger partial charge in [0.1, 0.15) is 0 Å². The molecule has 0 N–H and O–H groups in total. The second-order valence-electron chi connectivity index (χ2n) is 0. The molecule has 0 aromatic rings. The minimum atomic E-state index is 0. The van der Waals surface area contributed by atoms with Crippen LogP contribution in [0.15, 0.2) is 0 Å². The van der Waals surface area contributed by atoms with Crippen molar-refractivity contribution < 1.29 is 246 Å². The first-order chi connectivity index (χ1) is 0. The van der Waals surface area contributed by atoms with E-state index in [1.807, 2.05) is 0 Å². The zero-order chi connectivity index (χ0) is 0. The van der Waals surface area contributed by atoms with Crippen LogP contribution in [0, 0.1) is 0 Å². The third kappa shape index (κ3) is 71.3. The van der Waals surface area contributed by atoms with Crippen LogP contribution in [0.5, 0.6) is 0 Å². The van der Waals surface area contributed by atoms with E-state index in [0.29, 0.717) is 0 Å². The molecular weight excluding hydrogens is 1020 g/mol. The van der Waals surface area contributed by atoms with Gasteiger partial charge in [-0.1, -0.05) is 0 Å². The maximum absolute atomic E-state index is 0. The van der Waals surface area contributed by atoms with Crippen LogP contribution >= 0.6 is 0 Å². The quantitative estimate of drug-likeness (QED) is 0.300. The Morgan fingerprint density at radius 3 is 0.0909 bits per heavy atom. The molecule has 0 unspecified atom stereocenters. The van der Waals surface area contributed by atoms with E-state index in [0.717, 1.165) is 0 Å². The van der Waals surface area contributed by atoms with Gasteiger partial charge >= 0.3 is 0 Å². The van der Waals surface area contributed by atoms with Gasteiger partial charge in [-0.25, -0.2) is 0 Å². The third-order valence-corrected chi connectivity index (χ3v) is 0. The molecule has 0 atom stereocenters. The first kappa shape index (κ1) is 95.0. The summed E-state index contributed by atoms with van der Waals surface area (Å²) in [7, 11) is 0. The van der Waals surface area contributed by atoms with Crippen molar-refractivity contribution in [2.24, 2.45) is 0 Å². The topological polar surface area (TPSA) is 0 Å². The van der Waals surface area contributed by atoms with Crippen LogP contribution in [0.2, 0.25) is 0 Å². The molecular formula is Nb11. The first-order valence-corrected chi connectivity index (χ1v) is 0. The van der Waals surface area contributed by atoms with Crippen LogP contribution in [0.25, 0.3) is 0 Å². The van der Waals surface area contributed by atoms with Crippen molar-refractivity contribution >= 4 is 0 Å². The van der Waals surface area contributed by atoms with Crippen LogP contribution in [-0.2, 0) is 246 Å². The summed E-state index contributed by atoms with van der Waals surface area (Å²) >= 11 is 0. The molecule has 11 heteroatoms. The Hall–Kier alpha value is 8.14. The molecule has 11 radical (unpaired) electrons. The molecule has 0 heterocycles. The maximum Gasteiger partial charge on any atom is 0 e. The largest absolute Gasteiger partial charge is 0 e. The van der Waals surface area contributed by atoms with Crippen molar-refractivity contribution in [1.29, 1.82) is 0 Å². The van der Waals surface area contributed by atoms with Crippen molar-refractivity contribution in [3.8, 4) is 0 Å². The molecule has 0 aliphatic rings. The van der Waals surface area contributed by atoms with Gasteiger partial charge < -0.3 is 0 Å². The van der Waals surface area contributed by atoms with E-state index in [4.69, 9.17) is 0 Å². The fourth-order valence-corrected chi connectivity index (χ4v) is 0. The van der Waals surface area contributed by atoms with Crippen molar-refractivity contribution in [2.75, 3.05) is 0 Å². The van der Waals surface area contributed by atoms with E-state index in [-0.39, 0.29) is 246 Å². The van der Waals surface area contributed by atoms with Crippen LogP contribution < -0.4 is 0 Å². The molecule has 0 aliphatic carbocycles. The average Bonchev–Trinajstić information content (AvgIpc) is 0. The second kappa shape index (κ2) is 80.4. The minimum absolute atomic E-state index is 0. The Bertz CT molecular complexity index is 0.